The van der Waals surface area contributed by atoms with Crippen LogP contribution in [0.15, 0.2) is 16.5 Å². The van der Waals surface area contributed by atoms with E-state index in [1.54, 1.807) is 17.0 Å². The number of nitrogens with zero attached hydrogens (tertiary/aromatic N) is 2. The minimum Gasteiger partial charge on any atom is -0.440 e. The SMILES string of the molecule is O=C(c1ccc(Cl)o1)N1CC[C@]2(CCCN(CC3CCC3)C2=O)C1. The van der Waals surface area contributed by atoms with Crippen molar-refractivity contribution in [3.8, 4) is 0 Å². The molecule has 0 bridgehead atoms. The van der Waals surface area contributed by atoms with Gasteiger partial charge in [-0.2, -0.15) is 0 Å². The normalized spacial score (nSPS) is 27.8. The lowest BCUT2D eigenvalue weighted by Gasteiger charge is -2.42. The van der Waals surface area contributed by atoms with E-state index in [2.05, 4.69) is 4.90 Å². The molecule has 1 aromatic heterocycles. The minimum absolute atomic E-state index is 0.164. The summed E-state index contributed by atoms with van der Waals surface area (Å²) in [7, 11) is 0. The van der Waals surface area contributed by atoms with Gasteiger partial charge < -0.3 is 14.2 Å². The van der Waals surface area contributed by atoms with Gasteiger partial charge in [0.1, 0.15) is 0 Å². The van der Waals surface area contributed by atoms with E-state index >= 15 is 0 Å². The molecule has 1 aliphatic carbocycles. The van der Waals surface area contributed by atoms with Crippen molar-refractivity contribution in [3.05, 3.63) is 23.1 Å². The Morgan fingerprint density at radius 1 is 1.25 bits per heavy atom. The van der Waals surface area contributed by atoms with Gasteiger partial charge in [0.2, 0.25) is 5.91 Å². The molecule has 1 saturated carbocycles. The van der Waals surface area contributed by atoms with Gasteiger partial charge in [-0.05, 0) is 61.8 Å². The van der Waals surface area contributed by atoms with Gasteiger partial charge in [0.05, 0.1) is 5.41 Å². The van der Waals surface area contributed by atoms with Crippen LogP contribution in [0.2, 0.25) is 5.22 Å². The number of carbonyl (C=O) groups is 2. The van der Waals surface area contributed by atoms with Crippen LogP contribution in [-0.2, 0) is 4.79 Å². The van der Waals surface area contributed by atoms with Crippen molar-refractivity contribution in [1.82, 2.24) is 9.80 Å². The molecule has 0 unspecified atom stereocenters. The lowest BCUT2D eigenvalue weighted by molar-refractivity contribution is -0.146. The Morgan fingerprint density at radius 2 is 2.08 bits per heavy atom. The first-order chi connectivity index (χ1) is 11.6. The highest BCUT2D eigenvalue weighted by molar-refractivity contribution is 6.29. The molecule has 1 atom stereocenters. The van der Waals surface area contributed by atoms with Crippen molar-refractivity contribution >= 4 is 23.4 Å². The first kappa shape index (κ1) is 16.0. The first-order valence-corrected chi connectivity index (χ1v) is 9.29. The molecule has 6 heteroatoms. The number of rotatable bonds is 3. The topological polar surface area (TPSA) is 53.8 Å². The van der Waals surface area contributed by atoms with E-state index in [9.17, 15) is 9.59 Å². The largest absolute Gasteiger partial charge is 0.440 e. The highest BCUT2D eigenvalue weighted by atomic mass is 35.5. The maximum Gasteiger partial charge on any atom is 0.289 e. The molecule has 2 aliphatic heterocycles. The van der Waals surface area contributed by atoms with E-state index in [0.717, 1.165) is 32.4 Å². The van der Waals surface area contributed by atoms with E-state index in [4.69, 9.17) is 16.0 Å². The van der Waals surface area contributed by atoms with Gasteiger partial charge in [0.25, 0.3) is 5.91 Å². The van der Waals surface area contributed by atoms with Crippen LogP contribution in [-0.4, -0.2) is 47.8 Å². The summed E-state index contributed by atoms with van der Waals surface area (Å²) in [5.74, 6) is 1.04. The summed E-state index contributed by atoms with van der Waals surface area (Å²) >= 11 is 5.77. The minimum atomic E-state index is -0.381. The van der Waals surface area contributed by atoms with Crippen molar-refractivity contribution in [2.45, 2.75) is 38.5 Å². The summed E-state index contributed by atoms with van der Waals surface area (Å²) in [4.78, 5) is 29.4. The molecule has 4 rings (SSSR count). The maximum absolute atomic E-state index is 13.1. The summed E-state index contributed by atoms with van der Waals surface area (Å²) in [5, 5.41) is 0.215. The fourth-order valence-corrected chi connectivity index (χ4v) is 4.47. The van der Waals surface area contributed by atoms with E-state index in [-0.39, 0.29) is 28.2 Å². The van der Waals surface area contributed by atoms with E-state index < -0.39 is 0 Å². The Morgan fingerprint density at radius 3 is 2.75 bits per heavy atom. The number of hydrogen-bond acceptors (Lipinski definition) is 3. The molecule has 3 fully saturated rings. The van der Waals surface area contributed by atoms with Crippen LogP contribution < -0.4 is 0 Å². The van der Waals surface area contributed by atoms with Crippen LogP contribution in [0.1, 0.15) is 49.1 Å². The third-order valence-corrected chi connectivity index (χ3v) is 6.16. The summed E-state index contributed by atoms with van der Waals surface area (Å²) in [6, 6.07) is 3.17. The lowest BCUT2D eigenvalue weighted by atomic mass is 9.77. The molecular formula is C18H23ClN2O3. The Hall–Kier alpha value is -1.49. The molecule has 24 heavy (non-hydrogen) atoms. The number of hydrogen-bond donors (Lipinski definition) is 0. The van der Waals surface area contributed by atoms with Crippen LogP contribution in [0.4, 0.5) is 0 Å². The number of piperidine rings is 1. The second-order valence-corrected chi connectivity index (χ2v) is 7.88. The van der Waals surface area contributed by atoms with Crippen molar-refractivity contribution in [2.24, 2.45) is 11.3 Å². The average molecular weight is 351 g/mol. The summed E-state index contributed by atoms with van der Waals surface area (Å²) in [6.45, 7) is 2.89. The molecule has 130 valence electrons. The number of carbonyl (C=O) groups excluding carboxylic acids is 2. The highest BCUT2D eigenvalue weighted by Crippen LogP contribution is 2.41. The second-order valence-electron chi connectivity index (χ2n) is 7.51. The quantitative estimate of drug-likeness (QED) is 0.841. The van der Waals surface area contributed by atoms with Crippen molar-refractivity contribution in [3.63, 3.8) is 0 Å². The molecule has 2 amide bonds. The molecule has 3 heterocycles. The third kappa shape index (κ3) is 2.73. The van der Waals surface area contributed by atoms with Gasteiger partial charge in [0.15, 0.2) is 11.0 Å². The third-order valence-electron chi connectivity index (χ3n) is 5.95. The monoisotopic (exact) mass is 350 g/mol. The van der Waals surface area contributed by atoms with E-state index in [0.29, 0.717) is 19.0 Å². The fourth-order valence-electron chi connectivity index (χ4n) is 4.32. The smallest absolute Gasteiger partial charge is 0.289 e. The highest BCUT2D eigenvalue weighted by Gasteiger charge is 2.50. The molecule has 2 saturated heterocycles. The maximum atomic E-state index is 13.1. The molecule has 0 N–H and O–H groups in total. The Balaban J connectivity index is 1.45. The van der Waals surface area contributed by atoms with E-state index in [1.165, 1.54) is 19.3 Å². The lowest BCUT2D eigenvalue weighted by Crippen LogP contribution is -2.52. The zero-order chi connectivity index (χ0) is 16.7. The average Bonchev–Trinajstić information content (AvgIpc) is 3.14. The van der Waals surface area contributed by atoms with Crippen LogP contribution in [0, 0.1) is 11.3 Å². The van der Waals surface area contributed by atoms with Gasteiger partial charge in [-0.15, -0.1) is 0 Å². The van der Waals surface area contributed by atoms with Gasteiger partial charge in [-0.3, -0.25) is 9.59 Å². The predicted molar refractivity (Wildman–Crippen MR) is 89.8 cm³/mol. The summed E-state index contributed by atoms with van der Waals surface area (Å²) in [6.07, 6.45) is 6.48. The Bertz CT molecular complexity index is 654. The number of likely N-dealkylation sites (tertiary alicyclic amines) is 2. The summed E-state index contributed by atoms with van der Waals surface area (Å²) < 4.78 is 5.24. The van der Waals surface area contributed by atoms with Crippen molar-refractivity contribution in [2.75, 3.05) is 26.2 Å². The predicted octanol–water partition coefficient (Wildman–Crippen LogP) is 3.19. The van der Waals surface area contributed by atoms with E-state index in [1.807, 2.05) is 0 Å². The zero-order valence-corrected chi connectivity index (χ0v) is 14.6. The molecule has 0 radical (unpaired) electrons. The van der Waals surface area contributed by atoms with Crippen LogP contribution in [0.25, 0.3) is 0 Å². The second kappa shape index (κ2) is 6.10. The van der Waals surface area contributed by atoms with Crippen molar-refractivity contribution in [1.29, 1.82) is 0 Å². The van der Waals surface area contributed by atoms with Gasteiger partial charge >= 0.3 is 0 Å². The Labute approximate surface area is 146 Å². The molecule has 1 aromatic rings. The molecule has 3 aliphatic rings. The van der Waals surface area contributed by atoms with Crippen LogP contribution in [0.5, 0.6) is 0 Å². The standard InChI is InChI=1S/C18H23ClN2O3/c19-15-6-5-14(24-15)16(22)21-10-8-18(12-21)7-2-9-20(17(18)23)11-13-3-1-4-13/h5-6,13H,1-4,7-12H2/t18-/m1/s1. The number of halogens is 1. The van der Waals surface area contributed by atoms with Crippen molar-refractivity contribution < 1.29 is 14.0 Å². The van der Waals surface area contributed by atoms with Gasteiger partial charge in [-0.1, -0.05) is 6.42 Å². The zero-order valence-electron chi connectivity index (χ0n) is 13.8. The molecular weight excluding hydrogens is 328 g/mol. The van der Waals surface area contributed by atoms with Crippen LogP contribution in [0.3, 0.4) is 0 Å². The number of furan rings is 1. The molecule has 0 aromatic carbocycles. The first-order valence-electron chi connectivity index (χ1n) is 8.91. The van der Waals surface area contributed by atoms with Crippen LogP contribution >= 0.6 is 11.6 Å². The summed E-state index contributed by atoms with van der Waals surface area (Å²) in [5.41, 5.74) is -0.381. The molecule has 1 spiro atoms. The van der Waals surface area contributed by atoms with Gasteiger partial charge in [-0.25, -0.2) is 0 Å². The number of amides is 2. The van der Waals surface area contributed by atoms with Gasteiger partial charge in [0, 0.05) is 26.2 Å². The fraction of sp³-hybridized carbons (Fsp3) is 0.667. The Kier molecular flexibility index (Phi) is 4.07. The molecule has 5 nitrogen and oxygen atoms in total.